The van der Waals surface area contributed by atoms with Crippen molar-refractivity contribution in [3.8, 4) is 34.3 Å². The topological polar surface area (TPSA) is 108 Å². The fourth-order valence-corrected chi connectivity index (χ4v) is 7.09. The summed E-state index contributed by atoms with van der Waals surface area (Å²) in [6.07, 6.45) is 8.97. The minimum Gasteiger partial charge on any atom is -0.454 e. The number of hydrogen-bond donors (Lipinski definition) is 1. The number of ether oxygens (including phenoxy) is 2. The zero-order valence-electron chi connectivity index (χ0n) is 25.0. The van der Waals surface area contributed by atoms with E-state index in [2.05, 4.69) is 51.2 Å². The number of aryl methyl sites for hydroxylation is 2. The van der Waals surface area contributed by atoms with Crippen molar-refractivity contribution in [2.75, 3.05) is 12.1 Å². The monoisotopic (exact) mass is 665 g/mol. The molecule has 6 aromatic heterocycles. The van der Waals surface area contributed by atoms with Crippen molar-refractivity contribution in [2.45, 2.75) is 33.2 Å². The number of rotatable bonds is 7. The van der Waals surface area contributed by atoms with Crippen LogP contribution < -0.4 is 14.8 Å². The molecule has 0 radical (unpaired) electrons. The molecule has 9 nitrogen and oxygen atoms in total. The summed E-state index contributed by atoms with van der Waals surface area (Å²) >= 11 is 9.59. The van der Waals surface area contributed by atoms with Crippen LogP contribution in [0.2, 0.25) is 5.15 Å². The SMILES string of the molecule is CCc1cc2c(Cl)nc(-c3cccnc3)nc2s1.CCc1cc2c(NCc3ccc4c(c3)OCO4)nc(-c3cccnc3)nc2s1. The molecular formula is C34H28ClN7O2S2. The molecule has 1 aromatic carbocycles. The van der Waals surface area contributed by atoms with Gasteiger partial charge in [-0.2, -0.15) is 0 Å². The first-order valence-electron chi connectivity index (χ1n) is 14.8. The van der Waals surface area contributed by atoms with Gasteiger partial charge in [0.1, 0.15) is 20.6 Å². The average Bonchev–Trinajstić information content (AvgIpc) is 3.86. The molecule has 7 heterocycles. The number of thiophene rings is 2. The summed E-state index contributed by atoms with van der Waals surface area (Å²) in [5.41, 5.74) is 2.89. The molecule has 8 rings (SSSR count). The summed E-state index contributed by atoms with van der Waals surface area (Å²) < 4.78 is 10.9. The fraction of sp³-hybridized carbons (Fsp3) is 0.176. The highest BCUT2D eigenvalue weighted by Gasteiger charge is 2.16. The van der Waals surface area contributed by atoms with Crippen LogP contribution in [0.4, 0.5) is 5.82 Å². The maximum Gasteiger partial charge on any atom is 0.231 e. The predicted octanol–water partition coefficient (Wildman–Crippen LogP) is 8.63. The Morgan fingerprint density at radius 3 is 2.02 bits per heavy atom. The van der Waals surface area contributed by atoms with Gasteiger partial charge < -0.3 is 14.8 Å². The third kappa shape index (κ3) is 6.34. The molecule has 46 heavy (non-hydrogen) atoms. The first-order valence-corrected chi connectivity index (χ1v) is 16.8. The van der Waals surface area contributed by atoms with E-state index in [9.17, 15) is 0 Å². The van der Waals surface area contributed by atoms with E-state index in [-0.39, 0.29) is 6.79 Å². The second-order valence-electron chi connectivity index (χ2n) is 10.3. The van der Waals surface area contributed by atoms with Crippen LogP contribution in [0.15, 0.2) is 79.4 Å². The van der Waals surface area contributed by atoms with Crippen molar-refractivity contribution in [3.63, 3.8) is 0 Å². The quantitative estimate of drug-likeness (QED) is 0.167. The van der Waals surface area contributed by atoms with E-state index in [0.717, 1.165) is 67.3 Å². The zero-order valence-corrected chi connectivity index (χ0v) is 27.4. The van der Waals surface area contributed by atoms with Crippen LogP contribution in [0.5, 0.6) is 11.5 Å². The van der Waals surface area contributed by atoms with E-state index in [1.807, 2.05) is 42.5 Å². The summed E-state index contributed by atoms with van der Waals surface area (Å²) in [5.74, 6) is 3.71. The molecule has 1 aliphatic heterocycles. The van der Waals surface area contributed by atoms with Crippen molar-refractivity contribution in [1.82, 2.24) is 29.9 Å². The maximum atomic E-state index is 6.22. The summed E-state index contributed by atoms with van der Waals surface area (Å²) in [4.78, 5) is 31.2. The summed E-state index contributed by atoms with van der Waals surface area (Å²) in [6.45, 7) is 5.18. The number of nitrogens with one attached hydrogen (secondary N) is 1. The van der Waals surface area contributed by atoms with Crippen molar-refractivity contribution < 1.29 is 9.47 Å². The Morgan fingerprint density at radius 1 is 0.739 bits per heavy atom. The van der Waals surface area contributed by atoms with Crippen LogP contribution in [0, 0.1) is 0 Å². The third-order valence-corrected chi connectivity index (χ3v) is 9.91. The number of nitrogens with zero attached hydrogens (tertiary/aromatic N) is 6. The molecule has 0 aliphatic carbocycles. The second-order valence-corrected chi connectivity index (χ2v) is 12.9. The fourth-order valence-electron chi connectivity index (χ4n) is 4.88. The Labute approximate surface area is 278 Å². The lowest BCUT2D eigenvalue weighted by Gasteiger charge is -2.09. The lowest BCUT2D eigenvalue weighted by molar-refractivity contribution is 0.174. The molecule has 1 aliphatic rings. The van der Waals surface area contributed by atoms with E-state index in [0.29, 0.717) is 23.3 Å². The van der Waals surface area contributed by atoms with Crippen molar-refractivity contribution in [2.24, 2.45) is 0 Å². The molecule has 12 heteroatoms. The van der Waals surface area contributed by atoms with Gasteiger partial charge in [-0.1, -0.05) is 31.5 Å². The van der Waals surface area contributed by atoms with Gasteiger partial charge >= 0.3 is 0 Å². The Morgan fingerprint density at radius 2 is 1.37 bits per heavy atom. The van der Waals surface area contributed by atoms with Gasteiger partial charge in [0.05, 0.1) is 5.39 Å². The smallest absolute Gasteiger partial charge is 0.231 e. The van der Waals surface area contributed by atoms with Crippen molar-refractivity contribution in [1.29, 1.82) is 0 Å². The van der Waals surface area contributed by atoms with E-state index >= 15 is 0 Å². The number of hydrogen-bond acceptors (Lipinski definition) is 11. The molecule has 0 atom stereocenters. The molecule has 230 valence electrons. The van der Waals surface area contributed by atoms with Crippen LogP contribution >= 0.6 is 34.3 Å². The number of benzene rings is 1. The largest absolute Gasteiger partial charge is 0.454 e. The van der Waals surface area contributed by atoms with E-state index in [4.69, 9.17) is 31.0 Å². The van der Waals surface area contributed by atoms with Crippen LogP contribution in [-0.2, 0) is 19.4 Å². The Balaban J connectivity index is 0.000000162. The van der Waals surface area contributed by atoms with Crippen molar-refractivity contribution in [3.05, 3.63) is 99.9 Å². The summed E-state index contributed by atoms with van der Waals surface area (Å²) in [6, 6.07) is 17.9. The van der Waals surface area contributed by atoms with Gasteiger partial charge in [0.2, 0.25) is 6.79 Å². The second kappa shape index (κ2) is 13.3. The maximum absolute atomic E-state index is 6.22. The zero-order chi connectivity index (χ0) is 31.5. The summed E-state index contributed by atoms with van der Waals surface area (Å²) in [5, 5.41) is 5.98. The van der Waals surface area contributed by atoms with Crippen LogP contribution in [0.25, 0.3) is 43.2 Å². The lowest BCUT2D eigenvalue weighted by Crippen LogP contribution is -2.03. The predicted molar refractivity (Wildman–Crippen MR) is 185 cm³/mol. The Kier molecular flexibility index (Phi) is 8.69. The molecule has 0 saturated carbocycles. The van der Waals surface area contributed by atoms with Gasteiger partial charge in [0.25, 0.3) is 0 Å². The van der Waals surface area contributed by atoms with E-state index < -0.39 is 0 Å². The molecule has 0 unspecified atom stereocenters. The van der Waals surface area contributed by atoms with Crippen molar-refractivity contribution >= 4 is 60.5 Å². The molecule has 7 aromatic rings. The summed E-state index contributed by atoms with van der Waals surface area (Å²) in [7, 11) is 0. The van der Waals surface area contributed by atoms with Gasteiger partial charge in [0, 0.05) is 57.6 Å². The third-order valence-electron chi connectivity index (χ3n) is 7.27. The number of pyridine rings is 2. The molecular weight excluding hydrogens is 638 g/mol. The Hall–Kier alpha value is -4.71. The highest BCUT2D eigenvalue weighted by atomic mass is 35.5. The minimum absolute atomic E-state index is 0.280. The standard InChI is InChI=1S/C21H18N4O2S.C13H10ClN3S/c1-2-15-9-16-20(23-10-13-5-6-17-18(8-13)27-12-26-17)24-19(25-21(16)28-15)14-4-3-7-22-11-14;1-2-9-6-10-11(14)16-12(17-13(10)18-9)8-4-3-5-15-7-8/h3-9,11H,2,10,12H2,1H3,(H,23,24,25);3-7H,2H2,1H3. The first kappa shape index (κ1) is 30.0. The normalized spacial score (nSPS) is 11.9. The highest BCUT2D eigenvalue weighted by Crippen LogP contribution is 2.35. The molecule has 0 saturated heterocycles. The van der Waals surface area contributed by atoms with Gasteiger partial charge in [-0.05, 0) is 66.9 Å². The van der Waals surface area contributed by atoms with Crippen LogP contribution in [-0.4, -0.2) is 36.7 Å². The van der Waals surface area contributed by atoms with Gasteiger partial charge in [0.15, 0.2) is 23.1 Å². The van der Waals surface area contributed by atoms with Gasteiger partial charge in [-0.15, -0.1) is 22.7 Å². The van der Waals surface area contributed by atoms with Crippen LogP contribution in [0.1, 0.15) is 29.2 Å². The highest BCUT2D eigenvalue weighted by molar-refractivity contribution is 7.19. The molecule has 0 bridgehead atoms. The molecule has 0 amide bonds. The first-order chi connectivity index (χ1) is 22.6. The van der Waals surface area contributed by atoms with E-state index in [1.54, 1.807) is 47.5 Å². The number of anilines is 1. The Bertz CT molecular complexity index is 2140. The number of aromatic nitrogens is 6. The molecule has 1 N–H and O–H groups in total. The number of fused-ring (bicyclic) bond motifs is 3. The lowest BCUT2D eigenvalue weighted by atomic mass is 10.2. The molecule has 0 fully saturated rings. The van der Waals surface area contributed by atoms with Gasteiger partial charge in [-0.3, -0.25) is 9.97 Å². The van der Waals surface area contributed by atoms with Crippen LogP contribution in [0.3, 0.4) is 0 Å². The average molecular weight is 666 g/mol. The molecule has 0 spiro atoms. The number of halogens is 1. The minimum atomic E-state index is 0.280. The van der Waals surface area contributed by atoms with E-state index in [1.165, 1.54) is 9.75 Å². The van der Waals surface area contributed by atoms with Gasteiger partial charge in [-0.25, -0.2) is 19.9 Å².